The number of sulfonamides is 1. The zero-order valence-electron chi connectivity index (χ0n) is 13.3. The van der Waals surface area contributed by atoms with Gasteiger partial charge in [0.2, 0.25) is 10.0 Å². The average Bonchev–Trinajstić information content (AvgIpc) is 2.48. The van der Waals surface area contributed by atoms with Crippen molar-refractivity contribution in [2.75, 3.05) is 45.0 Å². The van der Waals surface area contributed by atoms with Crippen LogP contribution in [0, 0.1) is 11.8 Å². The van der Waals surface area contributed by atoms with Crippen LogP contribution in [-0.2, 0) is 10.0 Å². The van der Waals surface area contributed by atoms with Gasteiger partial charge in [-0.25, -0.2) is 8.42 Å². The Hall–Kier alpha value is -0.170. The van der Waals surface area contributed by atoms with E-state index in [0.717, 1.165) is 32.5 Å². The van der Waals surface area contributed by atoms with Crippen molar-refractivity contribution in [2.24, 2.45) is 17.6 Å². The Balaban J connectivity index is 1.79. The molecule has 5 nitrogen and oxygen atoms in total. The lowest BCUT2D eigenvalue weighted by molar-refractivity contribution is 0.169. The van der Waals surface area contributed by atoms with E-state index >= 15 is 0 Å². The fraction of sp³-hybridized carbons (Fsp3) is 1.00. The SMILES string of the molecule is CC(CN)CN1CCN(S(=O)(=O)CC2CCCCC2)CC1. The molecule has 2 aliphatic rings. The molecular weight excluding hydrogens is 286 g/mol. The number of hydrogen-bond donors (Lipinski definition) is 1. The normalized spacial score (nSPS) is 25.0. The van der Waals surface area contributed by atoms with Crippen molar-refractivity contribution in [2.45, 2.75) is 39.0 Å². The van der Waals surface area contributed by atoms with E-state index in [-0.39, 0.29) is 0 Å². The van der Waals surface area contributed by atoms with E-state index in [1.165, 1.54) is 19.3 Å². The average molecular weight is 317 g/mol. The lowest BCUT2D eigenvalue weighted by Crippen LogP contribution is -2.51. The predicted octanol–water partition coefficient (Wildman–Crippen LogP) is 1.11. The summed E-state index contributed by atoms with van der Waals surface area (Å²) in [5.41, 5.74) is 5.66. The summed E-state index contributed by atoms with van der Waals surface area (Å²) >= 11 is 0. The molecule has 2 fully saturated rings. The maximum Gasteiger partial charge on any atom is 0.214 e. The zero-order valence-corrected chi connectivity index (χ0v) is 14.2. The van der Waals surface area contributed by atoms with Crippen LogP contribution in [0.1, 0.15) is 39.0 Å². The van der Waals surface area contributed by atoms with Crippen LogP contribution in [0.3, 0.4) is 0 Å². The summed E-state index contributed by atoms with van der Waals surface area (Å²) < 4.78 is 26.8. The molecule has 0 spiro atoms. The summed E-state index contributed by atoms with van der Waals surface area (Å²) in [5.74, 6) is 1.24. The lowest BCUT2D eigenvalue weighted by Gasteiger charge is -2.36. The topological polar surface area (TPSA) is 66.6 Å². The first-order valence-corrected chi connectivity index (χ1v) is 10.0. The number of hydrogen-bond acceptors (Lipinski definition) is 4. The molecule has 124 valence electrons. The third-order valence-electron chi connectivity index (χ3n) is 4.87. The van der Waals surface area contributed by atoms with Gasteiger partial charge in [-0.3, -0.25) is 0 Å². The molecule has 0 bridgehead atoms. The molecular formula is C15H31N3O2S. The van der Waals surface area contributed by atoms with Crippen LogP contribution in [0.2, 0.25) is 0 Å². The molecule has 0 aromatic rings. The van der Waals surface area contributed by atoms with E-state index in [4.69, 9.17) is 5.73 Å². The zero-order chi connectivity index (χ0) is 15.3. The van der Waals surface area contributed by atoms with Gasteiger partial charge >= 0.3 is 0 Å². The van der Waals surface area contributed by atoms with E-state index in [2.05, 4.69) is 11.8 Å². The molecule has 1 unspecified atom stereocenters. The summed E-state index contributed by atoms with van der Waals surface area (Å²) in [6.07, 6.45) is 5.85. The second-order valence-electron chi connectivity index (χ2n) is 6.82. The van der Waals surface area contributed by atoms with Crippen molar-refractivity contribution in [1.29, 1.82) is 0 Å². The summed E-state index contributed by atoms with van der Waals surface area (Å²) in [6.45, 7) is 6.79. The maximum atomic E-state index is 12.5. The minimum Gasteiger partial charge on any atom is -0.330 e. The first-order chi connectivity index (χ1) is 10.0. The van der Waals surface area contributed by atoms with Gasteiger partial charge in [-0.2, -0.15) is 4.31 Å². The molecule has 1 heterocycles. The van der Waals surface area contributed by atoms with E-state index in [1.807, 2.05) is 0 Å². The summed E-state index contributed by atoms with van der Waals surface area (Å²) in [6, 6.07) is 0. The first kappa shape index (κ1) is 17.2. The number of rotatable bonds is 6. The van der Waals surface area contributed by atoms with Gasteiger partial charge in [-0.15, -0.1) is 0 Å². The van der Waals surface area contributed by atoms with Gasteiger partial charge < -0.3 is 10.6 Å². The Bertz CT molecular complexity index is 399. The first-order valence-electron chi connectivity index (χ1n) is 8.41. The Labute approximate surface area is 129 Å². The van der Waals surface area contributed by atoms with Crippen LogP contribution in [-0.4, -0.2) is 62.6 Å². The molecule has 0 radical (unpaired) electrons. The standard InChI is InChI=1S/C15H31N3O2S/c1-14(11-16)12-17-7-9-18(10-8-17)21(19,20)13-15-5-3-2-4-6-15/h14-15H,2-13,16H2,1H3. The smallest absolute Gasteiger partial charge is 0.214 e. The largest absolute Gasteiger partial charge is 0.330 e. The molecule has 2 rings (SSSR count). The molecule has 6 heteroatoms. The second kappa shape index (κ2) is 7.90. The summed E-state index contributed by atoms with van der Waals surface area (Å²) in [7, 11) is -3.06. The molecule has 1 atom stereocenters. The van der Waals surface area contributed by atoms with E-state index in [0.29, 0.717) is 37.2 Å². The molecule has 2 N–H and O–H groups in total. The van der Waals surface area contributed by atoms with Crippen LogP contribution < -0.4 is 5.73 Å². The monoisotopic (exact) mass is 317 g/mol. The lowest BCUT2D eigenvalue weighted by atomic mass is 9.91. The van der Waals surface area contributed by atoms with Gasteiger partial charge in [0.1, 0.15) is 0 Å². The van der Waals surface area contributed by atoms with Crippen LogP contribution in [0.15, 0.2) is 0 Å². The van der Waals surface area contributed by atoms with Crippen molar-refractivity contribution >= 4 is 10.0 Å². The number of piperazine rings is 1. The fourth-order valence-corrected chi connectivity index (χ4v) is 5.32. The summed E-state index contributed by atoms with van der Waals surface area (Å²) in [4.78, 5) is 2.34. The van der Waals surface area contributed by atoms with E-state index in [9.17, 15) is 8.42 Å². The van der Waals surface area contributed by atoms with Gasteiger partial charge in [0.05, 0.1) is 5.75 Å². The molecule has 1 saturated carbocycles. The Morgan fingerprint density at radius 3 is 2.29 bits per heavy atom. The Morgan fingerprint density at radius 2 is 1.71 bits per heavy atom. The van der Waals surface area contributed by atoms with Crippen molar-refractivity contribution in [3.8, 4) is 0 Å². The molecule has 0 aromatic carbocycles. The highest BCUT2D eigenvalue weighted by molar-refractivity contribution is 7.89. The highest BCUT2D eigenvalue weighted by Crippen LogP contribution is 2.26. The van der Waals surface area contributed by atoms with Gasteiger partial charge in [0, 0.05) is 32.7 Å². The molecule has 1 saturated heterocycles. The van der Waals surface area contributed by atoms with Crippen molar-refractivity contribution in [3.05, 3.63) is 0 Å². The number of nitrogens with two attached hydrogens (primary N) is 1. The van der Waals surface area contributed by atoms with Crippen LogP contribution in [0.5, 0.6) is 0 Å². The molecule has 1 aliphatic heterocycles. The van der Waals surface area contributed by atoms with Gasteiger partial charge in [0.25, 0.3) is 0 Å². The predicted molar refractivity (Wildman–Crippen MR) is 86.6 cm³/mol. The molecule has 0 aromatic heterocycles. The van der Waals surface area contributed by atoms with E-state index < -0.39 is 10.0 Å². The highest BCUT2D eigenvalue weighted by Gasteiger charge is 2.30. The highest BCUT2D eigenvalue weighted by atomic mass is 32.2. The fourth-order valence-electron chi connectivity index (χ4n) is 3.46. The molecule has 21 heavy (non-hydrogen) atoms. The van der Waals surface area contributed by atoms with Gasteiger partial charge in [-0.05, 0) is 31.2 Å². The van der Waals surface area contributed by atoms with Crippen LogP contribution >= 0.6 is 0 Å². The maximum absolute atomic E-state index is 12.5. The third kappa shape index (κ3) is 5.20. The minimum atomic E-state index is -3.06. The third-order valence-corrected chi connectivity index (χ3v) is 6.91. The molecule has 1 aliphatic carbocycles. The van der Waals surface area contributed by atoms with Crippen LogP contribution in [0.25, 0.3) is 0 Å². The summed E-state index contributed by atoms with van der Waals surface area (Å²) in [5, 5.41) is 0. The Kier molecular flexibility index (Phi) is 6.47. The van der Waals surface area contributed by atoms with Crippen molar-refractivity contribution < 1.29 is 8.42 Å². The second-order valence-corrected chi connectivity index (χ2v) is 8.84. The van der Waals surface area contributed by atoms with Crippen LogP contribution in [0.4, 0.5) is 0 Å². The minimum absolute atomic E-state index is 0.367. The molecule has 0 amide bonds. The van der Waals surface area contributed by atoms with Gasteiger partial charge in [-0.1, -0.05) is 26.2 Å². The van der Waals surface area contributed by atoms with Crippen molar-refractivity contribution in [3.63, 3.8) is 0 Å². The Morgan fingerprint density at radius 1 is 1.10 bits per heavy atom. The quantitative estimate of drug-likeness (QED) is 0.797. The van der Waals surface area contributed by atoms with Gasteiger partial charge in [0.15, 0.2) is 0 Å². The van der Waals surface area contributed by atoms with Crippen molar-refractivity contribution in [1.82, 2.24) is 9.21 Å². The van der Waals surface area contributed by atoms with E-state index in [1.54, 1.807) is 4.31 Å². The number of nitrogens with zero attached hydrogens (tertiary/aromatic N) is 2.